The van der Waals surface area contributed by atoms with Gasteiger partial charge in [0.1, 0.15) is 0 Å². The Morgan fingerprint density at radius 1 is 1.16 bits per heavy atom. The molecule has 3 heteroatoms. The maximum atomic E-state index is 6.63. The van der Waals surface area contributed by atoms with Crippen LogP contribution < -0.4 is 0 Å². The fourth-order valence-electron chi connectivity index (χ4n) is 3.34. The summed E-state index contributed by atoms with van der Waals surface area (Å²) in [4.78, 5) is 0. The molecule has 0 N–H and O–H groups in total. The van der Waals surface area contributed by atoms with Crippen molar-refractivity contribution < 1.29 is 0 Å². The van der Waals surface area contributed by atoms with Crippen LogP contribution in [-0.4, -0.2) is 5.38 Å². The van der Waals surface area contributed by atoms with Gasteiger partial charge in [0.15, 0.2) is 0 Å². The molecule has 0 amide bonds. The lowest BCUT2D eigenvalue weighted by Gasteiger charge is -2.42. The van der Waals surface area contributed by atoms with Crippen LogP contribution in [-0.2, 0) is 5.41 Å². The number of rotatable bonds is 2. The molecule has 1 aromatic carbocycles. The molecular weight excluding hydrogens is 299 g/mol. The smallest absolute Gasteiger partial charge is 0.0458 e. The summed E-state index contributed by atoms with van der Waals surface area (Å²) in [5, 5.41) is 1.66. The van der Waals surface area contributed by atoms with Crippen LogP contribution in [0, 0.1) is 11.8 Å². The fraction of sp³-hybridized carbons (Fsp3) is 0.625. The molecule has 1 fully saturated rings. The highest BCUT2D eigenvalue weighted by atomic mass is 35.5. The molecule has 106 valence electrons. The number of hydrogen-bond acceptors (Lipinski definition) is 0. The van der Waals surface area contributed by atoms with Crippen molar-refractivity contribution in [3.63, 3.8) is 0 Å². The van der Waals surface area contributed by atoms with E-state index < -0.39 is 0 Å². The predicted octanol–water partition coefficient (Wildman–Crippen LogP) is 6.31. The zero-order valence-corrected chi connectivity index (χ0v) is 14.0. The van der Waals surface area contributed by atoms with Gasteiger partial charge in [0.2, 0.25) is 0 Å². The summed E-state index contributed by atoms with van der Waals surface area (Å²) in [6.07, 6.45) is 3.52. The predicted molar refractivity (Wildman–Crippen MR) is 85.6 cm³/mol. The zero-order valence-electron chi connectivity index (χ0n) is 11.7. The summed E-state index contributed by atoms with van der Waals surface area (Å²) in [5.74, 6) is 1.19. The van der Waals surface area contributed by atoms with Crippen LogP contribution in [0.1, 0.15) is 45.6 Å². The van der Waals surface area contributed by atoms with Crippen molar-refractivity contribution in [2.45, 2.75) is 50.8 Å². The van der Waals surface area contributed by atoms with Gasteiger partial charge in [-0.2, -0.15) is 0 Å². The Morgan fingerprint density at radius 2 is 1.84 bits per heavy atom. The third kappa shape index (κ3) is 3.23. The van der Waals surface area contributed by atoms with Crippen molar-refractivity contribution in [2.75, 3.05) is 0 Å². The van der Waals surface area contributed by atoms with E-state index in [1.54, 1.807) is 0 Å². The standard InChI is InChI=1S/C16H21Cl3/c1-10-4-6-12(14(18)8-10)16(2,3)13-7-5-11(17)9-15(13)19/h5,7,9-10,12,14H,4,6,8H2,1-3H3. The van der Waals surface area contributed by atoms with Crippen molar-refractivity contribution in [3.8, 4) is 0 Å². The summed E-state index contributed by atoms with van der Waals surface area (Å²) in [5.41, 5.74) is 1.14. The minimum atomic E-state index is -0.0196. The van der Waals surface area contributed by atoms with Gasteiger partial charge in [-0.15, -0.1) is 11.6 Å². The van der Waals surface area contributed by atoms with Gasteiger partial charge in [-0.05, 0) is 47.8 Å². The minimum absolute atomic E-state index is 0.0196. The molecule has 3 unspecified atom stereocenters. The van der Waals surface area contributed by atoms with Crippen LogP contribution in [0.25, 0.3) is 0 Å². The Hall–Kier alpha value is 0.0900. The van der Waals surface area contributed by atoms with Gasteiger partial charge < -0.3 is 0 Å². The second-order valence-electron chi connectivity index (χ2n) is 6.39. The maximum Gasteiger partial charge on any atom is 0.0458 e. The molecule has 0 aliphatic heterocycles. The van der Waals surface area contributed by atoms with Crippen LogP contribution in [0.3, 0.4) is 0 Å². The van der Waals surface area contributed by atoms with Crippen LogP contribution >= 0.6 is 34.8 Å². The third-order valence-corrected chi connectivity index (χ3v) is 5.62. The first kappa shape index (κ1) is 15.5. The van der Waals surface area contributed by atoms with Crippen molar-refractivity contribution in [1.29, 1.82) is 0 Å². The average Bonchev–Trinajstić information content (AvgIpc) is 2.27. The molecule has 1 aliphatic rings. The van der Waals surface area contributed by atoms with E-state index in [2.05, 4.69) is 20.8 Å². The van der Waals surface area contributed by atoms with Crippen LogP contribution in [0.5, 0.6) is 0 Å². The van der Waals surface area contributed by atoms with Gasteiger partial charge in [0.05, 0.1) is 0 Å². The molecule has 3 atom stereocenters. The van der Waals surface area contributed by atoms with Crippen LogP contribution in [0.15, 0.2) is 18.2 Å². The second kappa shape index (κ2) is 5.84. The molecule has 0 heterocycles. The third-order valence-electron chi connectivity index (χ3n) is 4.59. The Balaban J connectivity index is 2.30. The molecule has 2 rings (SSSR count). The normalized spacial score (nSPS) is 28.4. The first-order chi connectivity index (χ1) is 8.82. The molecule has 0 saturated heterocycles. The topological polar surface area (TPSA) is 0 Å². The number of hydrogen-bond donors (Lipinski definition) is 0. The van der Waals surface area contributed by atoms with Gasteiger partial charge in [0, 0.05) is 15.4 Å². The highest BCUT2D eigenvalue weighted by molar-refractivity contribution is 6.35. The van der Waals surface area contributed by atoms with E-state index in [-0.39, 0.29) is 10.8 Å². The van der Waals surface area contributed by atoms with Crippen LogP contribution in [0.2, 0.25) is 10.0 Å². The largest absolute Gasteiger partial charge is 0.123 e. The summed E-state index contributed by atoms with van der Waals surface area (Å²) < 4.78 is 0. The highest BCUT2D eigenvalue weighted by Gasteiger charge is 2.40. The van der Waals surface area contributed by atoms with Crippen molar-refractivity contribution in [1.82, 2.24) is 0 Å². The first-order valence-electron chi connectivity index (χ1n) is 6.92. The Morgan fingerprint density at radius 3 is 2.42 bits per heavy atom. The molecule has 0 bridgehead atoms. The van der Waals surface area contributed by atoms with E-state index in [9.17, 15) is 0 Å². The van der Waals surface area contributed by atoms with Gasteiger partial charge in [-0.25, -0.2) is 0 Å². The van der Waals surface area contributed by atoms with E-state index in [0.717, 1.165) is 22.9 Å². The number of halogens is 3. The molecule has 0 aromatic heterocycles. The van der Waals surface area contributed by atoms with Crippen molar-refractivity contribution >= 4 is 34.8 Å². The first-order valence-corrected chi connectivity index (χ1v) is 8.11. The van der Waals surface area contributed by atoms with E-state index in [0.29, 0.717) is 10.9 Å². The molecule has 0 radical (unpaired) electrons. The molecule has 19 heavy (non-hydrogen) atoms. The molecule has 0 nitrogen and oxygen atoms in total. The Labute approximate surface area is 131 Å². The van der Waals surface area contributed by atoms with E-state index in [1.807, 2.05) is 18.2 Å². The number of alkyl halides is 1. The minimum Gasteiger partial charge on any atom is -0.123 e. The summed E-state index contributed by atoms with van der Waals surface area (Å²) in [6.45, 7) is 6.78. The fourth-order valence-corrected chi connectivity index (χ4v) is 4.73. The molecule has 1 aromatic rings. The Kier molecular flexibility index (Phi) is 4.75. The lowest BCUT2D eigenvalue weighted by atomic mass is 9.65. The van der Waals surface area contributed by atoms with E-state index >= 15 is 0 Å². The summed E-state index contributed by atoms with van der Waals surface area (Å²) in [6, 6.07) is 5.79. The van der Waals surface area contributed by atoms with Gasteiger partial charge >= 0.3 is 0 Å². The summed E-state index contributed by atoms with van der Waals surface area (Å²) >= 11 is 19.0. The molecule has 1 aliphatic carbocycles. The van der Waals surface area contributed by atoms with E-state index in [1.165, 1.54) is 12.8 Å². The maximum absolute atomic E-state index is 6.63. The monoisotopic (exact) mass is 318 g/mol. The van der Waals surface area contributed by atoms with Crippen LogP contribution in [0.4, 0.5) is 0 Å². The SMILES string of the molecule is CC1CCC(C(C)(C)c2ccc(Cl)cc2Cl)C(Cl)C1. The Bertz CT molecular complexity index is 453. The second-order valence-corrected chi connectivity index (χ2v) is 7.79. The van der Waals surface area contributed by atoms with Crippen molar-refractivity contribution in [2.24, 2.45) is 11.8 Å². The highest BCUT2D eigenvalue weighted by Crippen LogP contribution is 2.46. The lowest BCUT2D eigenvalue weighted by Crippen LogP contribution is -2.39. The summed E-state index contributed by atoms with van der Waals surface area (Å²) in [7, 11) is 0. The van der Waals surface area contributed by atoms with E-state index in [4.69, 9.17) is 34.8 Å². The van der Waals surface area contributed by atoms with Gasteiger partial charge in [0.25, 0.3) is 0 Å². The quantitative estimate of drug-likeness (QED) is 0.560. The zero-order chi connectivity index (χ0) is 14.2. The molecule has 1 saturated carbocycles. The molecule has 0 spiro atoms. The van der Waals surface area contributed by atoms with Crippen molar-refractivity contribution in [3.05, 3.63) is 33.8 Å². The number of benzene rings is 1. The lowest BCUT2D eigenvalue weighted by molar-refractivity contribution is 0.207. The molecular formula is C16H21Cl3. The van der Waals surface area contributed by atoms with Gasteiger partial charge in [-0.3, -0.25) is 0 Å². The average molecular weight is 320 g/mol. The van der Waals surface area contributed by atoms with Gasteiger partial charge in [-0.1, -0.05) is 56.5 Å².